The minimum Gasteiger partial charge on any atom is -0.489 e. The lowest BCUT2D eigenvalue weighted by atomic mass is 10.00. The van der Waals surface area contributed by atoms with Crippen LogP contribution in [-0.2, 0) is 6.61 Å². The van der Waals surface area contributed by atoms with Gasteiger partial charge in [0, 0.05) is 49.8 Å². The van der Waals surface area contributed by atoms with Crippen molar-refractivity contribution in [2.24, 2.45) is 0 Å². The first-order valence-corrected chi connectivity index (χ1v) is 12.1. The molecule has 0 spiro atoms. The van der Waals surface area contributed by atoms with Gasteiger partial charge in [0.15, 0.2) is 0 Å². The van der Waals surface area contributed by atoms with Gasteiger partial charge >= 0.3 is 0 Å². The van der Waals surface area contributed by atoms with E-state index in [0.29, 0.717) is 13.2 Å². The molecule has 1 N–H and O–H groups in total. The van der Waals surface area contributed by atoms with Crippen LogP contribution in [0, 0.1) is 0 Å². The molecule has 1 fully saturated rings. The summed E-state index contributed by atoms with van der Waals surface area (Å²) in [6.45, 7) is 5.27. The zero-order valence-electron chi connectivity index (χ0n) is 19.8. The van der Waals surface area contributed by atoms with Crippen molar-refractivity contribution < 1.29 is 9.84 Å². The topological polar surface area (TPSA) is 40.9 Å². The largest absolute Gasteiger partial charge is 0.489 e. The second-order valence-electron chi connectivity index (χ2n) is 9.24. The summed E-state index contributed by atoms with van der Waals surface area (Å²) in [5.74, 6) is 0.850. The molecule has 5 heteroatoms. The highest BCUT2D eigenvalue weighted by atomic mass is 16.5. The van der Waals surface area contributed by atoms with Gasteiger partial charge in [-0.05, 0) is 42.4 Å². The number of ether oxygens (including phenoxy) is 1. The summed E-state index contributed by atoms with van der Waals surface area (Å²) < 4.78 is 8.26. The standard InChI is InChI=1S/C29H33N3O2/c1-30-16-18-31(19-17-30)21-28(33)29(24-10-6-3-7-11-24)32-15-14-25-20-26(12-13-27(25)32)34-22-23-8-4-2-5-9-23/h2-15,20,28-29,33H,16-19,21-22H2,1H3/t28-,29+/m1/s1. The first-order chi connectivity index (χ1) is 16.7. The van der Waals surface area contributed by atoms with Crippen LogP contribution in [0.1, 0.15) is 17.2 Å². The van der Waals surface area contributed by atoms with E-state index in [1.54, 1.807) is 0 Å². The summed E-state index contributed by atoms with van der Waals surface area (Å²) in [5, 5.41) is 12.6. The molecule has 1 aromatic heterocycles. The maximum absolute atomic E-state index is 11.5. The lowest BCUT2D eigenvalue weighted by Crippen LogP contribution is -2.48. The first kappa shape index (κ1) is 22.7. The number of aliphatic hydroxyl groups excluding tert-OH is 1. The maximum Gasteiger partial charge on any atom is 0.120 e. The molecule has 1 aliphatic rings. The van der Waals surface area contributed by atoms with Gasteiger partial charge in [0.1, 0.15) is 12.4 Å². The lowest BCUT2D eigenvalue weighted by molar-refractivity contribution is 0.0594. The van der Waals surface area contributed by atoms with E-state index < -0.39 is 6.10 Å². The number of rotatable bonds is 8. The van der Waals surface area contributed by atoms with Gasteiger partial charge in [-0.25, -0.2) is 0 Å². The number of hydrogen-bond acceptors (Lipinski definition) is 4. The van der Waals surface area contributed by atoms with E-state index in [2.05, 4.69) is 70.1 Å². The van der Waals surface area contributed by atoms with E-state index in [-0.39, 0.29) is 6.04 Å². The number of hydrogen-bond donors (Lipinski definition) is 1. The number of fused-ring (bicyclic) bond motifs is 1. The monoisotopic (exact) mass is 455 g/mol. The van der Waals surface area contributed by atoms with Gasteiger partial charge in [-0.1, -0.05) is 60.7 Å². The Labute approximate surface area is 201 Å². The normalized spacial score (nSPS) is 17.0. The molecule has 4 aromatic rings. The van der Waals surface area contributed by atoms with Gasteiger partial charge in [0.2, 0.25) is 0 Å². The van der Waals surface area contributed by atoms with E-state index in [1.807, 2.05) is 42.5 Å². The van der Waals surface area contributed by atoms with Crippen molar-refractivity contribution >= 4 is 10.9 Å². The molecule has 1 aliphatic heterocycles. The average Bonchev–Trinajstić information content (AvgIpc) is 3.28. The van der Waals surface area contributed by atoms with Crippen LogP contribution >= 0.6 is 0 Å². The molecule has 0 amide bonds. The molecular formula is C29H33N3O2. The summed E-state index contributed by atoms with van der Waals surface area (Å²) in [6.07, 6.45) is 1.58. The predicted octanol–water partition coefficient (Wildman–Crippen LogP) is 4.42. The van der Waals surface area contributed by atoms with Gasteiger partial charge in [-0.15, -0.1) is 0 Å². The molecule has 0 saturated carbocycles. The Morgan fingerprint density at radius 2 is 1.56 bits per heavy atom. The molecular weight excluding hydrogens is 422 g/mol. The zero-order chi connectivity index (χ0) is 23.3. The summed E-state index contributed by atoms with van der Waals surface area (Å²) in [4.78, 5) is 4.72. The number of likely N-dealkylation sites (N-methyl/N-ethyl adjacent to an activating group) is 1. The number of nitrogens with zero attached hydrogens (tertiary/aromatic N) is 3. The number of aliphatic hydroxyl groups is 1. The second kappa shape index (κ2) is 10.4. The molecule has 0 aliphatic carbocycles. The van der Waals surface area contributed by atoms with E-state index in [0.717, 1.165) is 54.0 Å². The van der Waals surface area contributed by atoms with Crippen LogP contribution in [0.25, 0.3) is 10.9 Å². The summed E-state index contributed by atoms with van der Waals surface area (Å²) >= 11 is 0. The molecule has 5 nitrogen and oxygen atoms in total. The fraction of sp³-hybridized carbons (Fsp3) is 0.310. The predicted molar refractivity (Wildman–Crippen MR) is 137 cm³/mol. The van der Waals surface area contributed by atoms with Crippen LogP contribution < -0.4 is 4.74 Å². The Morgan fingerprint density at radius 1 is 0.853 bits per heavy atom. The molecule has 1 saturated heterocycles. The molecule has 0 bridgehead atoms. The molecule has 34 heavy (non-hydrogen) atoms. The molecule has 2 heterocycles. The molecule has 2 atom stereocenters. The van der Waals surface area contributed by atoms with Crippen LogP contribution in [0.5, 0.6) is 5.75 Å². The maximum atomic E-state index is 11.5. The molecule has 0 unspecified atom stereocenters. The van der Waals surface area contributed by atoms with E-state index in [1.165, 1.54) is 0 Å². The Balaban J connectivity index is 1.39. The minimum absolute atomic E-state index is 0.158. The van der Waals surface area contributed by atoms with E-state index in [9.17, 15) is 5.11 Å². The number of benzene rings is 3. The number of β-amino-alcohol motifs (C(OH)–C–C–N with tert-alkyl or cyclic N) is 1. The Kier molecular flexibility index (Phi) is 6.95. The first-order valence-electron chi connectivity index (χ1n) is 12.1. The van der Waals surface area contributed by atoms with E-state index >= 15 is 0 Å². The molecule has 176 valence electrons. The second-order valence-corrected chi connectivity index (χ2v) is 9.24. The van der Waals surface area contributed by atoms with Gasteiger partial charge in [0.25, 0.3) is 0 Å². The van der Waals surface area contributed by atoms with Crippen molar-refractivity contribution in [2.45, 2.75) is 18.8 Å². The Hall–Kier alpha value is -3.12. The Bertz CT molecular complexity index is 1180. The van der Waals surface area contributed by atoms with Crippen molar-refractivity contribution in [3.05, 3.63) is 102 Å². The average molecular weight is 456 g/mol. The van der Waals surface area contributed by atoms with Crippen LogP contribution in [0.3, 0.4) is 0 Å². The summed E-state index contributed by atoms with van der Waals surface area (Å²) in [6, 6.07) is 28.7. The Morgan fingerprint density at radius 3 is 2.29 bits per heavy atom. The van der Waals surface area contributed by atoms with Crippen molar-refractivity contribution in [1.29, 1.82) is 0 Å². The van der Waals surface area contributed by atoms with Gasteiger partial charge in [-0.3, -0.25) is 4.90 Å². The van der Waals surface area contributed by atoms with Crippen molar-refractivity contribution in [3.8, 4) is 5.75 Å². The van der Waals surface area contributed by atoms with Crippen LogP contribution in [0.2, 0.25) is 0 Å². The summed E-state index contributed by atoms with van der Waals surface area (Å²) in [5.41, 5.74) is 3.36. The SMILES string of the molecule is CN1CCN(C[C@@H](O)[C@H](c2ccccc2)n2ccc3cc(OCc4ccccc4)ccc32)CC1. The summed E-state index contributed by atoms with van der Waals surface area (Å²) in [7, 11) is 2.16. The molecule has 5 rings (SSSR count). The minimum atomic E-state index is -0.518. The van der Waals surface area contributed by atoms with Gasteiger partial charge in [0.05, 0.1) is 12.1 Å². The van der Waals surface area contributed by atoms with Crippen LogP contribution in [0.4, 0.5) is 0 Å². The fourth-order valence-corrected chi connectivity index (χ4v) is 4.83. The third kappa shape index (κ3) is 5.17. The van der Waals surface area contributed by atoms with Gasteiger partial charge < -0.3 is 19.3 Å². The van der Waals surface area contributed by atoms with Crippen LogP contribution in [-0.4, -0.2) is 65.3 Å². The third-order valence-electron chi connectivity index (χ3n) is 6.79. The van der Waals surface area contributed by atoms with Crippen LogP contribution in [0.15, 0.2) is 91.1 Å². The highest BCUT2D eigenvalue weighted by molar-refractivity contribution is 5.82. The molecule has 3 aromatic carbocycles. The number of piperazine rings is 1. The van der Waals surface area contributed by atoms with Gasteiger partial charge in [-0.2, -0.15) is 0 Å². The lowest BCUT2D eigenvalue weighted by Gasteiger charge is -2.36. The van der Waals surface area contributed by atoms with Crippen molar-refractivity contribution in [2.75, 3.05) is 39.8 Å². The zero-order valence-corrected chi connectivity index (χ0v) is 19.8. The third-order valence-corrected chi connectivity index (χ3v) is 6.79. The fourth-order valence-electron chi connectivity index (χ4n) is 4.83. The quantitative estimate of drug-likeness (QED) is 0.427. The van der Waals surface area contributed by atoms with Crippen molar-refractivity contribution in [1.82, 2.24) is 14.4 Å². The van der Waals surface area contributed by atoms with Crippen molar-refractivity contribution in [3.63, 3.8) is 0 Å². The van der Waals surface area contributed by atoms with E-state index in [4.69, 9.17) is 4.74 Å². The highest BCUT2D eigenvalue weighted by Crippen LogP contribution is 2.30. The highest BCUT2D eigenvalue weighted by Gasteiger charge is 2.27. The number of aromatic nitrogens is 1. The molecule has 0 radical (unpaired) electrons. The smallest absolute Gasteiger partial charge is 0.120 e.